The summed E-state index contributed by atoms with van der Waals surface area (Å²) in [7, 11) is 1.66. The highest BCUT2D eigenvalue weighted by atomic mass is 32.1. The molecule has 6 heteroatoms. The number of hydrogen-bond donors (Lipinski definition) is 2. The van der Waals surface area contributed by atoms with E-state index in [2.05, 4.69) is 5.32 Å². The van der Waals surface area contributed by atoms with Gasteiger partial charge in [-0.05, 0) is 26.0 Å². The molecule has 1 unspecified atom stereocenters. The van der Waals surface area contributed by atoms with Crippen LogP contribution in [0.5, 0.6) is 0 Å². The lowest BCUT2D eigenvalue weighted by Crippen LogP contribution is -2.30. The fraction of sp³-hybridized carbons (Fsp3) is 0.615. The number of fused-ring (bicyclic) bond motifs is 2. The molecule has 3 rings (SSSR count). The first kappa shape index (κ1) is 13.1. The number of nitrogens with one attached hydrogen (secondary N) is 1. The summed E-state index contributed by atoms with van der Waals surface area (Å²) >= 11 is 1.55. The summed E-state index contributed by atoms with van der Waals surface area (Å²) in [5.74, 6) is -1.47. The molecule has 1 fully saturated rings. The van der Waals surface area contributed by atoms with Crippen molar-refractivity contribution >= 4 is 17.3 Å². The third-order valence-electron chi connectivity index (χ3n) is 3.72. The third kappa shape index (κ3) is 2.08. The van der Waals surface area contributed by atoms with E-state index in [0.29, 0.717) is 13.2 Å². The molecule has 1 saturated heterocycles. The van der Waals surface area contributed by atoms with E-state index >= 15 is 0 Å². The van der Waals surface area contributed by atoms with Crippen LogP contribution in [0.15, 0.2) is 6.07 Å². The predicted molar refractivity (Wildman–Crippen MR) is 70.3 cm³/mol. The van der Waals surface area contributed by atoms with Crippen molar-refractivity contribution < 1.29 is 19.4 Å². The van der Waals surface area contributed by atoms with Crippen LogP contribution in [0.3, 0.4) is 0 Å². The fourth-order valence-electron chi connectivity index (χ4n) is 2.86. The first-order chi connectivity index (χ1) is 9.16. The zero-order valence-electron chi connectivity index (χ0n) is 10.8. The Balaban J connectivity index is 1.99. The molecule has 0 radical (unpaired) electrons. The van der Waals surface area contributed by atoms with Crippen LogP contribution in [0.25, 0.3) is 0 Å². The summed E-state index contributed by atoms with van der Waals surface area (Å²) in [6, 6.07) is 1.29. The van der Waals surface area contributed by atoms with Crippen molar-refractivity contribution in [2.45, 2.75) is 31.1 Å². The average Bonchev–Trinajstić information content (AvgIpc) is 2.98. The molecule has 1 aliphatic heterocycles. The Kier molecular flexibility index (Phi) is 3.34. The summed E-state index contributed by atoms with van der Waals surface area (Å²) in [4.78, 5) is 13.3. The van der Waals surface area contributed by atoms with Crippen molar-refractivity contribution in [3.8, 4) is 0 Å². The summed E-state index contributed by atoms with van der Waals surface area (Å²) in [5, 5.41) is 12.1. The SMILES string of the molecule is CNC(C(=O)O)c1cc2c(s1)CCCC21OCCO1. The summed E-state index contributed by atoms with van der Waals surface area (Å²) < 4.78 is 11.6. The fourth-order valence-corrected chi connectivity index (χ4v) is 4.23. The minimum Gasteiger partial charge on any atom is -0.480 e. The van der Waals surface area contributed by atoms with Gasteiger partial charge in [0.2, 0.25) is 0 Å². The molecule has 1 atom stereocenters. The normalized spacial score (nSPS) is 22.4. The molecular formula is C13H17NO4S. The van der Waals surface area contributed by atoms with Gasteiger partial charge in [-0.2, -0.15) is 0 Å². The van der Waals surface area contributed by atoms with Crippen molar-refractivity contribution in [2.24, 2.45) is 0 Å². The van der Waals surface area contributed by atoms with Gasteiger partial charge in [-0.1, -0.05) is 0 Å². The highest BCUT2D eigenvalue weighted by Crippen LogP contribution is 2.46. The number of hydrogen-bond acceptors (Lipinski definition) is 5. The molecule has 0 aromatic carbocycles. The molecule has 1 aromatic rings. The summed E-state index contributed by atoms with van der Waals surface area (Å²) in [6.45, 7) is 1.22. The monoisotopic (exact) mass is 283 g/mol. The number of aliphatic carboxylic acids is 1. The van der Waals surface area contributed by atoms with Gasteiger partial charge >= 0.3 is 5.97 Å². The van der Waals surface area contributed by atoms with E-state index in [9.17, 15) is 9.90 Å². The predicted octanol–water partition coefficient (Wildman–Crippen LogP) is 1.63. The Bertz CT molecular complexity index is 493. The van der Waals surface area contributed by atoms with E-state index in [1.165, 1.54) is 4.88 Å². The molecule has 19 heavy (non-hydrogen) atoms. The first-order valence-corrected chi connectivity index (χ1v) is 7.29. The molecule has 0 saturated carbocycles. The Morgan fingerprint density at radius 1 is 1.53 bits per heavy atom. The standard InChI is InChI=1S/C13H17NO4S/c1-14-11(12(15)16)10-7-8-9(19-10)3-2-4-13(8)17-5-6-18-13/h7,11,14H,2-6H2,1H3,(H,15,16). The van der Waals surface area contributed by atoms with E-state index in [4.69, 9.17) is 9.47 Å². The molecule has 0 bridgehead atoms. The second-order valence-corrected chi connectivity index (χ2v) is 6.02. The van der Waals surface area contributed by atoms with Crippen LogP contribution < -0.4 is 5.32 Å². The maximum absolute atomic E-state index is 11.2. The molecule has 104 valence electrons. The van der Waals surface area contributed by atoms with Gasteiger partial charge in [0.25, 0.3) is 0 Å². The van der Waals surface area contributed by atoms with Gasteiger partial charge < -0.3 is 19.9 Å². The quantitative estimate of drug-likeness (QED) is 0.882. The van der Waals surface area contributed by atoms with Crippen LogP contribution in [0, 0.1) is 0 Å². The number of carboxylic acids is 1. The number of carboxylic acid groups (broad SMARTS) is 1. The van der Waals surface area contributed by atoms with Gasteiger partial charge in [-0.3, -0.25) is 4.79 Å². The van der Waals surface area contributed by atoms with Crippen LogP contribution in [0.2, 0.25) is 0 Å². The van der Waals surface area contributed by atoms with Gasteiger partial charge in [-0.15, -0.1) is 11.3 Å². The molecule has 0 amide bonds. The Labute approximate surface area is 115 Å². The van der Waals surface area contributed by atoms with Crippen LogP contribution in [0.1, 0.15) is 34.2 Å². The van der Waals surface area contributed by atoms with Crippen LogP contribution in [0.4, 0.5) is 0 Å². The van der Waals surface area contributed by atoms with Crippen molar-refractivity contribution in [1.82, 2.24) is 5.32 Å². The molecule has 2 N–H and O–H groups in total. The lowest BCUT2D eigenvalue weighted by Gasteiger charge is -2.31. The van der Waals surface area contributed by atoms with E-state index in [1.807, 2.05) is 6.07 Å². The average molecular weight is 283 g/mol. The molecule has 1 spiro atoms. The van der Waals surface area contributed by atoms with Crippen molar-refractivity contribution in [1.29, 1.82) is 0 Å². The van der Waals surface area contributed by atoms with E-state index in [0.717, 1.165) is 29.7 Å². The maximum Gasteiger partial charge on any atom is 0.326 e. The zero-order chi connectivity index (χ0) is 13.5. The van der Waals surface area contributed by atoms with Gasteiger partial charge in [-0.25, -0.2) is 0 Å². The molecule has 1 aliphatic carbocycles. The van der Waals surface area contributed by atoms with Gasteiger partial charge in [0.15, 0.2) is 5.79 Å². The second-order valence-electron chi connectivity index (χ2n) is 4.85. The molecule has 5 nitrogen and oxygen atoms in total. The minimum absolute atomic E-state index is 0.610. The van der Waals surface area contributed by atoms with E-state index < -0.39 is 17.8 Å². The number of rotatable bonds is 3. The Hall–Kier alpha value is -0.950. The second kappa shape index (κ2) is 4.86. The van der Waals surface area contributed by atoms with Crippen LogP contribution >= 0.6 is 11.3 Å². The van der Waals surface area contributed by atoms with Crippen molar-refractivity contribution in [3.05, 3.63) is 21.4 Å². The number of likely N-dealkylation sites (N-methyl/N-ethyl adjacent to an activating group) is 1. The molecular weight excluding hydrogens is 266 g/mol. The number of carbonyl (C=O) groups is 1. The highest BCUT2D eigenvalue weighted by molar-refractivity contribution is 7.12. The maximum atomic E-state index is 11.2. The topological polar surface area (TPSA) is 67.8 Å². The zero-order valence-corrected chi connectivity index (χ0v) is 11.6. The number of thiophene rings is 1. The third-order valence-corrected chi connectivity index (χ3v) is 4.98. The summed E-state index contributed by atoms with van der Waals surface area (Å²) in [5.41, 5.74) is 1.04. The van der Waals surface area contributed by atoms with Gasteiger partial charge in [0.05, 0.1) is 13.2 Å². The van der Waals surface area contributed by atoms with Crippen molar-refractivity contribution in [3.63, 3.8) is 0 Å². The Morgan fingerprint density at radius 3 is 2.89 bits per heavy atom. The Morgan fingerprint density at radius 2 is 2.26 bits per heavy atom. The molecule has 2 aliphatic rings. The lowest BCUT2D eigenvalue weighted by atomic mass is 9.92. The van der Waals surface area contributed by atoms with Gasteiger partial charge in [0, 0.05) is 21.7 Å². The highest BCUT2D eigenvalue weighted by Gasteiger charge is 2.43. The molecule has 1 aromatic heterocycles. The lowest BCUT2D eigenvalue weighted by molar-refractivity contribution is -0.175. The van der Waals surface area contributed by atoms with E-state index in [1.54, 1.807) is 18.4 Å². The minimum atomic E-state index is -0.858. The van der Waals surface area contributed by atoms with Gasteiger partial charge in [0.1, 0.15) is 6.04 Å². The smallest absolute Gasteiger partial charge is 0.326 e. The number of aryl methyl sites for hydroxylation is 1. The van der Waals surface area contributed by atoms with Crippen LogP contribution in [-0.2, 0) is 26.5 Å². The summed E-state index contributed by atoms with van der Waals surface area (Å²) in [6.07, 6.45) is 2.85. The first-order valence-electron chi connectivity index (χ1n) is 6.47. The van der Waals surface area contributed by atoms with Crippen molar-refractivity contribution in [2.75, 3.05) is 20.3 Å². The largest absolute Gasteiger partial charge is 0.480 e. The van der Waals surface area contributed by atoms with Crippen LogP contribution in [-0.4, -0.2) is 31.3 Å². The van der Waals surface area contributed by atoms with E-state index in [-0.39, 0.29) is 0 Å². The number of ether oxygens (including phenoxy) is 2. The molecule has 2 heterocycles.